The van der Waals surface area contributed by atoms with E-state index >= 15 is 0 Å². The Hall–Kier alpha value is -3.74. The molecule has 1 fully saturated rings. The number of Topliss-reactive ketones (excluding diaryl/α,β-unsaturated/α-hetero) is 1. The quantitative estimate of drug-likeness (QED) is 0.204. The minimum Gasteiger partial charge on any atom is -0.337 e. The summed E-state index contributed by atoms with van der Waals surface area (Å²) in [7, 11) is -4.41. The molecule has 1 amide bonds. The van der Waals surface area contributed by atoms with Crippen molar-refractivity contribution in [2.45, 2.75) is 113 Å². The Bertz CT molecular complexity index is 1860. The van der Waals surface area contributed by atoms with E-state index in [1.54, 1.807) is 19.9 Å². The summed E-state index contributed by atoms with van der Waals surface area (Å²) in [6, 6.07) is 15.3. The van der Waals surface area contributed by atoms with Crippen molar-refractivity contribution in [1.82, 2.24) is 4.90 Å². The van der Waals surface area contributed by atoms with Gasteiger partial charge in [0.05, 0.1) is 10.9 Å². The summed E-state index contributed by atoms with van der Waals surface area (Å²) in [4.78, 5) is 26.3. The average molecular weight is 756 g/mol. The first-order valence-electron chi connectivity index (χ1n) is 17.2. The first kappa shape index (κ1) is 41.0. The number of nitrogens with zero attached hydrogens (tertiary/aromatic N) is 1. The van der Waals surface area contributed by atoms with E-state index in [1.807, 2.05) is 0 Å². The lowest BCUT2D eigenvalue weighted by molar-refractivity contribution is -0.348. The number of ketones is 1. The number of alkyl halides is 7. The molecule has 0 spiro atoms. The number of amides is 1. The third kappa shape index (κ3) is 7.66. The number of benzene rings is 3. The van der Waals surface area contributed by atoms with Crippen molar-refractivity contribution in [3.63, 3.8) is 0 Å². The second-order valence-electron chi connectivity index (χ2n) is 13.9. The van der Waals surface area contributed by atoms with Crippen molar-refractivity contribution in [2.24, 2.45) is 5.92 Å². The van der Waals surface area contributed by atoms with Crippen molar-refractivity contribution >= 4 is 21.5 Å². The summed E-state index contributed by atoms with van der Waals surface area (Å²) in [5.74, 6) is -1.17. The minimum absolute atomic E-state index is 0.0434. The van der Waals surface area contributed by atoms with Crippen LogP contribution < -0.4 is 0 Å². The van der Waals surface area contributed by atoms with Crippen molar-refractivity contribution in [1.29, 1.82) is 0 Å². The van der Waals surface area contributed by atoms with E-state index < -0.39 is 56.0 Å². The fourth-order valence-corrected chi connectivity index (χ4v) is 9.83. The largest absolute Gasteiger partial charge is 0.435 e. The second kappa shape index (κ2) is 15.3. The first-order valence-corrected chi connectivity index (χ1v) is 18.7. The molecule has 1 aliphatic heterocycles. The summed E-state index contributed by atoms with van der Waals surface area (Å²) in [5.41, 5.74) is -4.17. The lowest BCUT2D eigenvalue weighted by Crippen LogP contribution is -2.53. The van der Waals surface area contributed by atoms with Gasteiger partial charge >= 0.3 is 18.0 Å². The predicted octanol–water partition coefficient (Wildman–Crippen LogP) is 9.45. The number of hydrogen-bond donors (Lipinski definition) is 0. The number of halogens is 7. The van der Waals surface area contributed by atoms with E-state index in [0.717, 1.165) is 6.07 Å². The van der Waals surface area contributed by atoms with Crippen LogP contribution in [0.5, 0.6) is 0 Å². The third-order valence-corrected chi connectivity index (χ3v) is 12.7. The van der Waals surface area contributed by atoms with Gasteiger partial charge in [0.15, 0.2) is 9.84 Å². The number of rotatable bonds is 9. The number of hydrogen-bond acceptors (Lipinski definition) is 4. The number of aryl methyl sites for hydroxylation is 4. The highest BCUT2D eigenvalue weighted by Crippen LogP contribution is 2.57. The van der Waals surface area contributed by atoms with Gasteiger partial charge in [-0.05, 0) is 87.3 Å². The zero-order chi connectivity index (χ0) is 38.9. The molecule has 13 heteroatoms. The van der Waals surface area contributed by atoms with Crippen LogP contribution in [0, 0.1) is 19.8 Å². The summed E-state index contributed by atoms with van der Waals surface area (Å²) in [5, 5.41) is 0. The van der Waals surface area contributed by atoms with Crippen LogP contribution in [0.2, 0.25) is 0 Å². The molecule has 1 heterocycles. The Morgan fingerprint density at radius 2 is 1.54 bits per heavy atom. The van der Waals surface area contributed by atoms with Gasteiger partial charge in [-0.2, -0.15) is 26.3 Å². The molecule has 1 saturated heterocycles. The van der Waals surface area contributed by atoms with Crippen molar-refractivity contribution in [3.8, 4) is 0 Å². The summed E-state index contributed by atoms with van der Waals surface area (Å²) in [6.07, 6.45) is -10.3. The van der Waals surface area contributed by atoms with E-state index in [-0.39, 0.29) is 60.5 Å². The molecule has 3 aromatic carbocycles. The van der Waals surface area contributed by atoms with Gasteiger partial charge in [-0.25, -0.2) is 12.8 Å². The number of sulfone groups is 1. The highest BCUT2D eigenvalue weighted by atomic mass is 32.2. The van der Waals surface area contributed by atoms with Crippen molar-refractivity contribution < 1.29 is 48.7 Å². The van der Waals surface area contributed by atoms with Crippen LogP contribution in [0.1, 0.15) is 86.3 Å². The maximum Gasteiger partial charge on any atom is 0.435 e. The van der Waals surface area contributed by atoms with Crippen LogP contribution >= 0.6 is 0 Å². The molecule has 0 radical (unpaired) electrons. The van der Waals surface area contributed by atoms with Gasteiger partial charge in [-0.1, -0.05) is 80.4 Å². The number of carbonyl (C=O) groups is 2. The maximum atomic E-state index is 15.0. The molecule has 0 N–H and O–H groups in total. The Balaban J connectivity index is 0.000000521. The normalized spacial score (nSPS) is 19.6. The SMILES string of the molecule is CC(=O)CC[C@H](C)C(=O)N1CCC2(S(=O)(=O)c3cccc(C)c3)c3ccc(C(F)(C(F)(F)F)C(F)(F)F)cc3CCC12.CCCc1ccc(C)cc1. The Morgan fingerprint density at radius 3 is 2.10 bits per heavy atom. The average Bonchev–Trinajstić information content (AvgIpc) is 3.48. The van der Waals surface area contributed by atoms with Gasteiger partial charge < -0.3 is 9.69 Å². The van der Waals surface area contributed by atoms with Crippen LogP contribution in [0.25, 0.3) is 0 Å². The molecule has 0 saturated carbocycles. The van der Waals surface area contributed by atoms with Gasteiger partial charge in [-0.15, -0.1) is 0 Å². The summed E-state index contributed by atoms with van der Waals surface area (Å²) >= 11 is 0. The van der Waals surface area contributed by atoms with E-state index in [2.05, 4.69) is 38.1 Å². The fraction of sp³-hybridized carbons (Fsp3) is 0.487. The molecule has 0 bridgehead atoms. The van der Waals surface area contributed by atoms with Crippen LogP contribution in [-0.4, -0.2) is 49.9 Å². The topological polar surface area (TPSA) is 71.5 Å². The molecule has 3 atom stereocenters. The van der Waals surface area contributed by atoms with Gasteiger partial charge in [-0.3, -0.25) is 4.79 Å². The lowest BCUT2D eigenvalue weighted by atomic mass is 9.76. The molecule has 0 aromatic heterocycles. The summed E-state index contributed by atoms with van der Waals surface area (Å²) < 4.78 is 123. The smallest absolute Gasteiger partial charge is 0.337 e. The van der Waals surface area contributed by atoms with E-state index in [4.69, 9.17) is 0 Å². The van der Waals surface area contributed by atoms with E-state index in [9.17, 15) is 48.7 Å². The predicted molar refractivity (Wildman–Crippen MR) is 184 cm³/mol. The third-order valence-electron chi connectivity index (χ3n) is 10.1. The van der Waals surface area contributed by atoms with Gasteiger partial charge in [0.1, 0.15) is 10.5 Å². The van der Waals surface area contributed by atoms with Crippen molar-refractivity contribution in [2.75, 3.05) is 6.54 Å². The zero-order valence-electron chi connectivity index (χ0n) is 29.8. The van der Waals surface area contributed by atoms with Crippen LogP contribution in [-0.2, 0) is 42.7 Å². The molecule has 2 aliphatic rings. The van der Waals surface area contributed by atoms with Gasteiger partial charge in [0.25, 0.3) is 0 Å². The highest BCUT2D eigenvalue weighted by Gasteiger charge is 2.74. The number of carbonyl (C=O) groups excluding carboxylic acids is 2. The second-order valence-corrected chi connectivity index (χ2v) is 16.2. The highest BCUT2D eigenvalue weighted by molar-refractivity contribution is 7.92. The standard InChI is InChI=1S/C29H30F7NO4S.C10H14/c1-17-5-4-6-22(15-17)42(40,41)26-13-14-37(25(39)18(2)7-8-19(3)38)24(26)12-9-20-16-21(10-11-23(20)26)27(30,28(31,32)33)29(34,35)36;1-3-4-10-7-5-9(2)6-8-10/h4-6,10-11,15-16,18,24H,7-9,12-14H2,1-3H3;5-8H,3-4H2,1-2H3/t18-,24?,26?;/m0./s1. The molecule has 284 valence electrons. The Labute approximate surface area is 300 Å². The zero-order valence-corrected chi connectivity index (χ0v) is 30.6. The Kier molecular flexibility index (Phi) is 12.1. The molecular weight excluding hydrogens is 711 g/mol. The van der Waals surface area contributed by atoms with E-state index in [0.29, 0.717) is 17.7 Å². The first-order chi connectivity index (χ1) is 24.1. The lowest BCUT2D eigenvalue weighted by Gasteiger charge is -2.43. The number of fused-ring (bicyclic) bond motifs is 3. The van der Waals surface area contributed by atoms with Crippen LogP contribution in [0.4, 0.5) is 30.7 Å². The minimum atomic E-state index is -6.32. The molecular formula is C39H44F7NO4S. The molecule has 52 heavy (non-hydrogen) atoms. The molecule has 5 rings (SSSR count). The molecule has 3 aromatic rings. The van der Waals surface area contributed by atoms with Crippen LogP contribution in [0.3, 0.4) is 0 Å². The van der Waals surface area contributed by atoms with Crippen LogP contribution in [0.15, 0.2) is 71.6 Å². The summed E-state index contributed by atoms with van der Waals surface area (Å²) in [6.45, 7) is 8.93. The van der Waals surface area contributed by atoms with Crippen molar-refractivity contribution in [3.05, 3.63) is 100 Å². The molecule has 1 aliphatic carbocycles. The fourth-order valence-electron chi connectivity index (χ4n) is 7.36. The molecule has 5 nitrogen and oxygen atoms in total. The van der Waals surface area contributed by atoms with Gasteiger partial charge in [0.2, 0.25) is 5.91 Å². The number of likely N-dealkylation sites (tertiary alicyclic amines) is 1. The maximum absolute atomic E-state index is 15.0. The Morgan fingerprint density at radius 1 is 0.904 bits per heavy atom. The monoisotopic (exact) mass is 755 g/mol. The van der Waals surface area contributed by atoms with E-state index in [1.165, 1.54) is 54.0 Å². The van der Waals surface area contributed by atoms with Gasteiger partial charge in [0, 0.05) is 24.4 Å². The molecule has 2 unspecified atom stereocenters.